The molecule has 3 aromatic rings. The fraction of sp³-hybridized carbons (Fsp3) is 0.273. The van der Waals surface area contributed by atoms with Crippen LogP contribution in [-0.4, -0.2) is 24.5 Å². The molecule has 5 nitrogen and oxygen atoms in total. The number of hydrogen-bond donors (Lipinski definition) is 2. The van der Waals surface area contributed by atoms with E-state index in [1.807, 2.05) is 37.3 Å². The molecule has 152 valence electrons. The lowest BCUT2D eigenvalue weighted by atomic mass is 10.2. The van der Waals surface area contributed by atoms with E-state index in [1.165, 1.54) is 12.1 Å². The number of aryl methyl sites for hydroxylation is 1. The summed E-state index contributed by atoms with van der Waals surface area (Å²) in [6.07, 6.45) is 0.863. The van der Waals surface area contributed by atoms with Gasteiger partial charge in [0.1, 0.15) is 18.2 Å². The predicted octanol–water partition coefficient (Wildman–Crippen LogP) is 4.08. The molecule has 0 spiro atoms. The number of nitrogens with one attached hydrogen (secondary N) is 2. The van der Waals surface area contributed by atoms with E-state index in [2.05, 4.69) is 26.0 Å². The third kappa shape index (κ3) is 6.87. The van der Waals surface area contributed by atoms with Gasteiger partial charge < -0.3 is 15.4 Å². The van der Waals surface area contributed by atoms with Crippen molar-refractivity contribution in [1.29, 1.82) is 0 Å². The molecule has 0 atom stereocenters. The maximum absolute atomic E-state index is 13.2. The van der Waals surface area contributed by atoms with Gasteiger partial charge in [0.2, 0.25) is 0 Å². The van der Waals surface area contributed by atoms with Crippen molar-refractivity contribution in [3.63, 3.8) is 0 Å². The highest BCUT2D eigenvalue weighted by atomic mass is 32.1. The summed E-state index contributed by atoms with van der Waals surface area (Å²) in [7, 11) is 1.76. The molecule has 1 aromatic heterocycles. The Kier molecular flexibility index (Phi) is 7.58. The minimum absolute atomic E-state index is 0.253. The molecule has 1 heterocycles. The van der Waals surface area contributed by atoms with Crippen LogP contribution in [-0.2, 0) is 19.6 Å². The molecule has 0 saturated carbocycles. The molecule has 0 aliphatic heterocycles. The first-order valence-corrected chi connectivity index (χ1v) is 10.3. The van der Waals surface area contributed by atoms with E-state index >= 15 is 0 Å². The number of guanidine groups is 1. The molecule has 0 saturated heterocycles. The Hall–Kier alpha value is -2.93. The average Bonchev–Trinajstić information content (AvgIpc) is 3.15. The third-order valence-corrected chi connectivity index (χ3v) is 5.06. The monoisotopic (exact) mass is 412 g/mol. The van der Waals surface area contributed by atoms with Crippen LogP contribution in [0.5, 0.6) is 5.75 Å². The molecule has 0 bridgehead atoms. The Morgan fingerprint density at radius 1 is 1.14 bits per heavy atom. The fourth-order valence-corrected chi connectivity index (χ4v) is 3.38. The minimum atomic E-state index is -0.253. The van der Waals surface area contributed by atoms with Crippen LogP contribution in [0.4, 0.5) is 4.39 Å². The minimum Gasteiger partial charge on any atom is -0.489 e. The largest absolute Gasteiger partial charge is 0.489 e. The topological polar surface area (TPSA) is 58.5 Å². The molecule has 7 heteroatoms. The van der Waals surface area contributed by atoms with Crippen LogP contribution in [0.15, 0.2) is 58.9 Å². The Balaban J connectivity index is 1.41. The molecule has 2 aromatic carbocycles. The highest BCUT2D eigenvalue weighted by Crippen LogP contribution is 2.15. The van der Waals surface area contributed by atoms with Crippen molar-refractivity contribution < 1.29 is 9.13 Å². The van der Waals surface area contributed by atoms with Gasteiger partial charge in [-0.15, -0.1) is 11.3 Å². The first-order valence-electron chi connectivity index (χ1n) is 9.44. The lowest BCUT2D eigenvalue weighted by molar-refractivity contribution is 0.305. The zero-order valence-corrected chi connectivity index (χ0v) is 17.4. The number of thiazole rings is 1. The summed E-state index contributed by atoms with van der Waals surface area (Å²) >= 11 is 1.67. The zero-order chi connectivity index (χ0) is 20.5. The quantitative estimate of drug-likeness (QED) is 0.432. The highest BCUT2D eigenvalue weighted by molar-refractivity contribution is 7.09. The number of nitrogens with zero attached hydrogens (tertiary/aromatic N) is 2. The summed E-state index contributed by atoms with van der Waals surface area (Å²) in [6.45, 7) is 3.78. The lowest BCUT2D eigenvalue weighted by Gasteiger charge is -2.12. The van der Waals surface area contributed by atoms with Gasteiger partial charge in [0.15, 0.2) is 5.96 Å². The molecule has 0 aliphatic carbocycles. The summed E-state index contributed by atoms with van der Waals surface area (Å²) in [5.41, 5.74) is 3.02. The summed E-state index contributed by atoms with van der Waals surface area (Å²) in [4.78, 5) is 8.71. The van der Waals surface area contributed by atoms with Crippen LogP contribution in [0, 0.1) is 12.7 Å². The van der Waals surface area contributed by atoms with E-state index in [0.717, 1.165) is 46.5 Å². The number of rotatable bonds is 8. The summed E-state index contributed by atoms with van der Waals surface area (Å²) in [5, 5.41) is 9.78. The summed E-state index contributed by atoms with van der Waals surface area (Å²) < 4.78 is 18.9. The lowest BCUT2D eigenvalue weighted by Crippen LogP contribution is -2.37. The van der Waals surface area contributed by atoms with E-state index < -0.39 is 0 Å². The fourth-order valence-electron chi connectivity index (χ4n) is 2.74. The predicted molar refractivity (Wildman–Crippen MR) is 116 cm³/mol. The number of halogens is 1. The van der Waals surface area contributed by atoms with Crippen LogP contribution < -0.4 is 15.4 Å². The van der Waals surface area contributed by atoms with Gasteiger partial charge in [-0.2, -0.15) is 0 Å². The standard InChI is InChI=1S/C22H25FN4OS/c1-16-27-20(15-29-16)10-11-25-22(24-2)26-13-17-6-8-21(9-7-17)28-14-18-4-3-5-19(23)12-18/h3-9,12,15H,10-11,13-14H2,1-2H3,(H2,24,25,26). The number of aromatic nitrogens is 1. The van der Waals surface area contributed by atoms with Crippen molar-refractivity contribution in [2.45, 2.75) is 26.5 Å². The van der Waals surface area contributed by atoms with E-state index in [9.17, 15) is 4.39 Å². The van der Waals surface area contributed by atoms with E-state index in [1.54, 1.807) is 24.5 Å². The average molecular weight is 413 g/mol. The van der Waals surface area contributed by atoms with Gasteiger partial charge in [0, 0.05) is 31.9 Å². The molecule has 2 N–H and O–H groups in total. The SMILES string of the molecule is CN=C(NCCc1csc(C)n1)NCc1ccc(OCc2cccc(F)c2)cc1. The van der Waals surface area contributed by atoms with E-state index in [4.69, 9.17) is 4.74 Å². The maximum atomic E-state index is 13.2. The Morgan fingerprint density at radius 2 is 1.97 bits per heavy atom. The van der Waals surface area contributed by atoms with Gasteiger partial charge in [-0.05, 0) is 42.3 Å². The van der Waals surface area contributed by atoms with Crippen molar-refractivity contribution >= 4 is 17.3 Å². The van der Waals surface area contributed by atoms with Crippen molar-refractivity contribution in [2.75, 3.05) is 13.6 Å². The maximum Gasteiger partial charge on any atom is 0.191 e. The molecule has 0 amide bonds. The first kappa shape index (κ1) is 20.8. The Labute approximate surface area is 174 Å². The molecule has 0 unspecified atom stereocenters. The van der Waals surface area contributed by atoms with Gasteiger partial charge in [0.25, 0.3) is 0 Å². The number of ether oxygens (including phenoxy) is 1. The molecule has 0 fully saturated rings. The molecule has 0 aliphatic rings. The van der Waals surface area contributed by atoms with Crippen LogP contribution >= 0.6 is 11.3 Å². The second kappa shape index (κ2) is 10.6. The Morgan fingerprint density at radius 3 is 2.66 bits per heavy atom. The van der Waals surface area contributed by atoms with Gasteiger partial charge in [-0.25, -0.2) is 9.37 Å². The molecule has 29 heavy (non-hydrogen) atoms. The third-order valence-electron chi connectivity index (χ3n) is 4.24. The number of benzene rings is 2. The van der Waals surface area contributed by atoms with Gasteiger partial charge >= 0.3 is 0 Å². The second-order valence-electron chi connectivity index (χ2n) is 6.52. The van der Waals surface area contributed by atoms with Crippen LogP contribution in [0.2, 0.25) is 0 Å². The van der Waals surface area contributed by atoms with Gasteiger partial charge in [-0.1, -0.05) is 24.3 Å². The summed E-state index contributed by atoms with van der Waals surface area (Å²) in [6, 6.07) is 14.3. The van der Waals surface area contributed by atoms with Crippen LogP contribution in [0.3, 0.4) is 0 Å². The first-order chi connectivity index (χ1) is 14.1. The molecular weight excluding hydrogens is 387 g/mol. The highest BCUT2D eigenvalue weighted by Gasteiger charge is 2.02. The van der Waals surface area contributed by atoms with Crippen LogP contribution in [0.25, 0.3) is 0 Å². The zero-order valence-electron chi connectivity index (χ0n) is 16.6. The normalized spacial score (nSPS) is 11.3. The second-order valence-corrected chi connectivity index (χ2v) is 7.59. The summed E-state index contributed by atoms with van der Waals surface area (Å²) in [5.74, 6) is 1.25. The van der Waals surface area contributed by atoms with E-state index in [-0.39, 0.29) is 5.82 Å². The number of hydrogen-bond acceptors (Lipinski definition) is 4. The molecular formula is C22H25FN4OS. The Bertz CT molecular complexity index is 940. The van der Waals surface area contributed by atoms with Gasteiger partial charge in [0.05, 0.1) is 10.7 Å². The van der Waals surface area contributed by atoms with E-state index in [0.29, 0.717) is 13.2 Å². The van der Waals surface area contributed by atoms with Crippen molar-refractivity contribution in [3.05, 3.63) is 81.6 Å². The van der Waals surface area contributed by atoms with Crippen molar-refractivity contribution in [2.24, 2.45) is 4.99 Å². The van der Waals surface area contributed by atoms with Gasteiger partial charge in [-0.3, -0.25) is 4.99 Å². The van der Waals surface area contributed by atoms with Crippen LogP contribution in [0.1, 0.15) is 21.8 Å². The number of aliphatic imine (C=N–C) groups is 1. The smallest absolute Gasteiger partial charge is 0.191 e. The molecule has 0 radical (unpaired) electrons. The molecule has 3 rings (SSSR count). The van der Waals surface area contributed by atoms with Crippen molar-refractivity contribution in [1.82, 2.24) is 15.6 Å². The van der Waals surface area contributed by atoms with Crippen molar-refractivity contribution in [3.8, 4) is 5.75 Å².